The average molecular weight is 415 g/mol. The van der Waals surface area contributed by atoms with E-state index >= 15 is 0 Å². The number of carbonyl (C=O) groups excluding carboxylic acids is 1. The van der Waals surface area contributed by atoms with Gasteiger partial charge in [0.05, 0.1) is 0 Å². The van der Waals surface area contributed by atoms with E-state index in [1.807, 2.05) is 0 Å². The summed E-state index contributed by atoms with van der Waals surface area (Å²) in [7, 11) is 0. The molecule has 31 heavy (non-hydrogen) atoms. The van der Waals surface area contributed by atoms with Crippen LogP contribution in [0.15, 0.2) is 60.7 Å². The van der Waals surface area contributed by atoms with E-state index in [-0.39, 0.29) is 11.9 Å². The van der Waals surface area contributed by atoms with E-state index < -0.39 is 0 Å². The van der Waals surface area contributed by atoms with Gasteiger partial charge in [0.25, 0.3) is 0 Å². The molecule has 5 heteroatoms. The fourth-order valence-electron chi connectivity index (χ4n) is 4.90. The van der Waals surface area contributed by atoms with E-state index in [0.29, 0.717) is 18.9 Å². The predicted octanol–water partition coefficient (Wildman–Crippen LogP) is 3.48. The van der Waals surface area contributed by atoms with Gasteiger partial charge in [-0.05, 0) is 71.9 Å². The molecule has 1 saturated heterocycles. The molecule has 0 radical (unpaired) electrons. The number of benzene rings is 3. The van der Waals surface area contributed by atoms with Crippen LogP contribution in [0.4, 0.5) is 11.4 Å². The molecule has 1 fully saturated rings. The molecule has 0 aliphatic carbocycles. The van der Waals surface area contributed by atoms with Crippen molar-refractivity contribution in [2.75, 3.05) is 24.5 Å². The number of hydrogen-bond acceptors (Lipinski definition) is 4. The van der Waals surface area contributed by atoms with Crippen molar-refractivity contribution < 1.29 is 4.79 Å². The maximum absolute atomic E-state index is 13.4. The van der Waals surface area contributed by atoms with Crippen molar-refractivity contribution >= 4 is 28.1 Å². The highest BCUT2D eigenvalue weighted by Crippen LogP contribution is 2.40. The highest BCUT2D eigenvalue weighted by atomic mass is 16.2. The summed E-state index contributed by atoms with van der Waals surface area (Å²) in [6, 6.07) is 20.9. The number of nitrogens with one attached hydrogen (secondary N) is 2. The molecule has 4 N–H and O–H groups in total. The normalized spacial score (nSPS) is 18.9. The first-order chi connectivity index (χ1) is 15.2. The number of fused-ring (bicyclic) bond motifs is 2. The largest absolute Gasteiger partial charge is 0.354 e. The maximum Gasteiger partial charge on any atom is 0.243 e. The first-order valence-electron chi connectivity index (χ1n) is 11.3. The first-order valence-corrected chi connectivity index (χ1v) is 11.3. The van der Waals surface area contributed by atoms with E-state index in [0.717, 1.165) is 49.4 Å². The zero-order valence-electron chi connectivity index (χ0n) is 17.8. The standard InChI is InChI=1S/C26H30N4O/c27-16-19-5-6-22-15-25(26(31)29-17-18-9-11-28-12-10-18)30(24(22)13-19)23-8-7-20-3-1-2-4-21(20)14-23/h1-8,13-14,18,25,28H,9-12,15-17,27H2,(H,29,31). The van der Waals surface area contributed by atoms with Gasteiger partial charge in [0, 0.05) is 30.9 Å². The quantitative estimate of drug-likeness (QED) is 0.598. The molecule has 1 amide bonds. The molecule has 2 aliphatic rings. The van der Waals surface area contributed by atoms with Crippen molar-refractivity contribution in [2.45, 2.75) is 31.8 Å². The molecule has 3 aromatic carbocycles. The predicted molar refractivity (Wildman–Crippen MR) is 127 cm³/mol. The second kappa shape index (κ2) is 8.69. The summed E-state index contributed by atoms with van der Waals surface area (Å²) in [6.07, 6.45) is 2.96. The minimum Gasteiger partial charge on any atom is -0.354 e. The van der Waals surface area contributed by atoms with Crippen molar-refractivity contribution in [3.63, 3.8) is 0 Å². The zero-order valence-corrected chi connectivity index (χ0v) is 17.8. The fourth-order valence-corrected chi connectivity index (χ4v) is 4.90. The van der Waals surface area contributed by atoms with Gasteiger partial charge in [0.2, 0.25) is 5.91 Å². The van der Waals surface area contributed by atoms with Crippen LogP contribution in [0.3, 0.4) is 0 Å². The van der Waals surface area contributed by atoms with Gasteiger partial charge in [-0.1, -0.05) is 42.5 Å². The molecule has 0 bridgehead atoms. The molecule has 3 aromatic rings. The van der Waals surface area contributed by atoms with Crippen molar-refractivity contribution in [1.29, 1.82) is 0 Å². The van der Waals surface area contributed by atoms with Gasteiger partial charge in [-0.25, -0.2) is 0 Å². The number of hydrogen-bond donors (Lipinski definition) is 3. The number of carbonyl (C=O) groups is 1. The second-order valence-corrected chi connectivity index (χ2v) is 8.73. The van der Waals surface area contributed by atoms with Crippen LogP contribution in [-0.2, 0) is 17.8 Å². The van der Waals surface area contributed by atoms with Crippen LogP contribution in [-0.4, -0.2) is 31.6 Å². The number of nitrogens with zero attached hydrogens (tertiary/aromatic N) is 1. The van der Waals surface area contributed by atoms with Gasteiger partial charge in [0.1, 0.15) is 6.04 Å². The van der Waals surface area contributed by atoms with Gasteiger partial charge in [-0.15, -0.1) is 0 Å². The van der Waals surface area contributed by atoms with E-state index in [1.165, 1.54) is 16.3 Å². The number of piperidine rings is 1. The van der Waals surface area contributed by atoms with E-state index in [4.69, 9.17) is 5.73 Å². The molecule has 1 unspecified atom stereocenters. The maximum atomic E-state index is 13.4. The second-order valence-electron chi connectivity index (χ2n) is 8.73. The third-order valence-corrected chi connectivity index (χ3v) is 6.71. The van der Waals surface area contributed by atoms with Gasteiger partial charge in [-0.3, -0.25) is 4.79 Å². The SMILES string of the molecule is NCc1ccc2c(c1)N(c1ccc3ccccc3c1)C(C(=O)NCC1CCNCC1)C2. The molecule has 5 rings (SSSR count). The molecule has 5 nitrogen and oxygen atoms in total. The Morgan fingerprint density at radius 3 is 2.65 bits per heavy atom. The van der Waals surface area contributed by atoms with Gasteiger partial charge in [0.15, 0.2) is 0 Å². The third kappa shape index (κ3) is 4.03. The Labute approximate surface area is 183 Å². The van der Waals surface area contributed by atoms with Crippen LogP contribution in [0.25, 0.3) is 10.8 Å². The van der Waals surface area contributed by atoms with Crippen LogP contribution < -0.4 is 21.3 Å². The van der Waals surface area contributed by atoms with Gasteiger partial charge in [-0.2, -0.15) is 0 Å². The van der Waals surface area contributed by atoms with Crippen LogP contribution in [0.5, 0.6) is 0 Å². The van der Waals surface area contributed by atoms with Crippen molar-refractivity contribution in [3.8, 4) is 0 Å². The fraction of sp³-hybridized carbons (Fsp3) is 0.346. The summed E-state index contributed by atoms with van der Waals surface area (Å²) in [5, 5.41) is 9.03. The van der Waals surface area contributed by atoms with E-state index in [1.54, 1.807) is 0 Å². The summed E-state index contributed by atoms with van der Waals surface area (Å²) >= 11 is 0. The smallest absolute Gasteiger partial charge is 0.243 e. The Morgan fingerprint density at radius 2 is 1.84 bits per heavy atom. The first kappa shape index (κ1) is 20.0. The average Bonchev–Trinajstić information content (AvgIpc) is 3.21. The van der Waals surface area contributed by atoms with E-state index in [9.17, 15) is 4.79 Å². The lowest BCUT2D eigenvalue weighted by molar-refractivity contribution is -0.122. The lowest BCUT2D eigenvalue weighted by atomic mass is 9.98. The zero-order chi connectivity index (χ0) is 21.2. The van der Waals surface area contributed by atoms with Crippen LogP contribution in [0.2, 0.25) is 0 Å². The number of anilines is 2. The summed E-state index contributed by atoms with van der Waals surface area (Å²) in [5.74, 6) is 0.670. The molecular formula is C26H30N4O. The van der Waals surface area contributed by atoms with Crippen LogP contribution in [0, 0.1) is 5.92 Å². The number of nitrogens with two attached hydrogens (primary N) is 1. The van der Waals surface area contributed by atoms with Crippen molar-refractivity contribution in [2.24, 2.45) is 11.7 Å². The molecule has 2 aliphatic heterocycles. The Kier molecular flexibility index (Phi) is 5.62. The number of rotatable bonds is 5. The van der Waals surface area contributed by atoms with Crippen LogP contribution >= 0.6 is 0 Å². The number of amides is 1. The minimum absolute atomic E-state index is 0.109. The molecule has 0 spiro atoms. The van der Waals surface area contributed by atoms with Crippen LogP contribution in [0.1, 0.15) is 24.0 Å². The molecule has 0 aromatic heterocycles. The third-order valence-electron chi connectivity index (χ3n) is 6.71. The van der Waals surface area contributed by atoms with Gasteiger partial charge < -0.3 is 21.3 Å². The lowest BCUT2D eigenvalue weighted by Crippen LogP contribution is -2.45. The molecule has 160 valence electrons. The summed E-state index contributed by atoms with van der Waals surface area (Å²) in [4.78, 5) is 15.6. The molecular weight excluding hydrogens is 384 g/mol. The summed E-state index contributed by atoms with van der Waals surface area (Å²) < 4.78 is 0. The highest BCUT2D eigenvalue weighted by Gasteiger charge is 2.36. The highest BCUT2D eigenvalue weighted by molar-refractivity contribution is 5.94. The Balaban J connectivity index is 1.46. The lowest BCUT2D eigenvalue weighted by Gasteiger charge is -2.29. The minimum atomic E-state index is -0.245. The Bertz CT molecular complexity index is 1090. The molecule has 0 saturated carbocycles. The Hall–Kier alpha value is -2.89. The molecule has 2 heterocycles. The molecule has 1 atom stereocenters. The summed E-state index contributed by atoms with van der Waals surface area (Å²) in [5.41, 5.74) is 10.4. The van der Waals surface area contributed by atoms with Crippen molar-refractivity contribution in [1.82, 2.24) is 10.6 Å². The summed E-state index contributed by atoms with van der Waals surface area (Å²) in [6.45, 7) is 3.33. The monoisotopic (exact) mass is 414 g/mol. The Morgan fingerprint density at radius 1 is 1.03 bits per heavy atom. The van der Waals surface area contributed by atoms with Gasteiger partial charge >= 0.3 is 0 Å². The van der Waals surface area contributed by atoms with Crippen molar-refractivity contribution in [3.05, 3.63) is 71.8 Å². The van der Waals surface area contributed by atoms with E-state index in [2.05, 4.69) is 76.2 Å². The topological polar surface area (TPSA) is 70.4 Å².